The molecule has 1 aromatic heterocycles. The van der Waals surface area contributed by atoms with Gasteiger partial charge in [0.15, 0.2) is 9.84 Å². The van der Waals surface area contributed by atoms with E-state index in [2.05, 4.69) is 9.98 Å². The van der Waals surface area contributed by atoms with Gasteiger partial charge in [0.25, 0.3) is 0 Å². The van der Waals surface area contributed by atoms with E-state index < -0.39 is 15.7 Å². The van der Waals surface area contributed by atoms with E-state index in [1.165, 1.54) is 17.4 Å². The second kappa shape index (κ2) is 9.06. The number of hydrogen-bond donors (Lipinski definition) is 1. The third kappa shape index (κ3) is 4.95. The van der Waals surface area contributed by atoms with Crippen LogP contribution in [0.15, 0.2) is 82.7 Å². The van der Waals surface area contributed by atoms with Crippen molar-refractivity contribution in [2.24, 2.45) is 4.99 Å². The van der Waals surface area contributed by atoms with Crippen LogP contribution in [-0.2, 0) is 9.84 Å². The van der Waals surface area contributed by atoms with Crippen LogP contribution < -0.4 is 4.67 Å². The van der Waals surface area contributed by atoms with Gasteiger partial charge in [0, 0.05) is 11.6 Å². The van der Waals surface area contributed by atoms with Gasteiger partial charge in [0.05, 0.1) is 15.1 Å². The fourth-order valence-corrected chi connectivity index (χ4v) is 5.07. The van der Waals surface area contributed by atoms with Gasteiger partial charge in [-0.15, -0.1) is 11.3 Å². The van der Waals surface area contributed by atoms with Crippen molar-refractivity contribution in [3.8, 4) is 0 Å². The summed E-state index contributed by atoms with van der Waals surface area (Å²) in [5.74, 6) is -0.364. The van der Waals surface area contributed by atoms with Gasteiger partial charge in [0.1, 0.15) is 22.0 Å². The fraction of sp³-hybridized carbons (Fsp3) is 0.120. The number of benzene rings is 3. The van der Waals surface area contributed by atoms with E-state index in [1.807, 2.05) is 62.4 Å². The number of nitrogens with zero attached hydrogens (tertiary/aromatic N) is 2. The standard InChI is InChI=1S/C25H22N2O3S2/c1-17-7-11-19(12-8-17)23(28)15-22-25(31-24-6-4-3-5-21(24)27-22)26-16-32(29,30)20-13-9-18(2)10-14-20/h3-15,28H,16H2,1-2H3/b23-15+,26-25+. The van der Waals surface area contributed by atoms with E-state index in [0.717, 1.165) is 21.3 Å². The van der Waals surface area contributed by atoms with Crippen molar-refractivity contribution in [1.29, 1.82) is 0 Å². The molecule has 0 fully saturated rings. The van der Waals surface area contributed by atoms with Crippen molar-refractivity contribution in [2.45, 2.75) is 18.7 Å². The highest BCUT2D eigenvalue weighted by Gasteiger charge is 2.14. The molecule has 0 unspecified atom stereocenters. The number of fused-ring (bicyclic) bond motifs is 1. The molecule has 0 aliphatic heterocycles. The molecular weight excluding hydrogens is 440 g/mol. The Balaban J connectivity index is 1.79. The van der Waals surface area contributed by atoms with E-state index in [-0.39, 0.29) is 10.7 Å². The van der Waals surface area contributed by atoms with Crippen LogP contribution in [0.3, 0.4) is 0 Å². The predicted molar refractivity (Wildman–Crippen MR) is 130 cm³/mol. The van der Waals surface area contributed by atoms with Gasteiger partial charge in [-0.2, -0.15) is 0 Å². The molecule has 0 amide bonds. The SMILES string of the molecule is Cc1ccc(/C(O)=C\c2nc3ccccc3s/c2=N/CS(=O)(=O)c2ccc(C)cc2)cc1. The smallest absolute Gasteiger partial charge is 0.198 e. The quantitative estimate of drug-likeness (QED) is 0.408. The van der Waals surface area contributed by atoms with E-state index >= 15 is 0 Å². The van der Waals surface area contributed by atoms with Gasteiger partial charge in [-0.3, -0.25) is 4.99 Å². The Morgan fingerprint density at radius 2 is 1.59 bits per heavy atom. The number of hydrogen-bond acceptors (Lipinski definition) is 6. The molecule has 0 saturated heterocycles. The maximum absolute atomic E-state index is 12.8. The predicted octanol–water partition coefficient (Wildman–Crippen LogP) is 5.30. The van der Waals surface area contributed by atoms with Crippen LogP contribution in [0.4, 0.5) is 0 Å². The maximum Gasteiger partial charge on any atom is 0.198 e. The Morgan fingerprint density at radius 1 is 0.969 bits per heavy atom. The second-order valence-corrected chi connectivity index (χ2v) is 10.5. The minimum Gasteiger partial charge on any atom is -0.507 e. The van der Waals surface area contributed by atoms with Crippen molar-refractivity contribution in [2.75, 3.05) is 5.88 Å². The average Bonchev–Trinajstić information content (AvgIpc) is 2.78. The zero-order valence-electron chi connectivity index (χ0n) is 17.7. The molecule has 162 valence electrons. The zero-order chi connectivity index (χ0) is 22.7. The topological polar surface area (TPSA) is 79.6 Å². The molecular formula is C25H22N2O3S2. The summed E-state index contributed by atoms with van der Waals surface area (Å²) >= 11 is 1.34. The molecule has 0 aliphatic carbocycles. The van der Waals surface area contributed by atoms with E-state index in [4.69, 9.17) is 0 Å². The van der Waals surface area contributed by atoms with Crippen molar-refractivity contribution in [3.63, 3.8) is 0 Å². The molecule has 4 aromatic rings. The lowest BCUT2D eigenvalue weighted by Gasteiger charge is -2.05. The number of rotatable bonds is 5. The molecule has 0 aliphatic rings. The van der Waals surface area contributed by atoms with Crippen molar-refractivity contribution >= 4 is 43.2 Å². The lowest BCUT2D eigenvalue weighted by molar-refractivity contribution is 0.515. The van der Waals surface area contributed by atoms with Crippen LogP contribution in [0.1, 0.15) is 22.4 Å². The number of para-hydroxylation sites is 1. The van der Waals surface area contributed by atoms with Gasteiger partial charge in [0.2, 0.25) is 0 Å². The third-order valence-corrected chi connectivity index (χ3v) is 7.47. The first-order valence-corrected chi connectivity index (χ1v) is 12.5. The van der Waals surface area contributed by atoms with E-state index in [9.17, 15) is 13.5 Å². The molecule has 4 rings (SSSR count). The molecule has 1 N–H and O–H groups in total. The van der Waals surface area contributed by atoms with Crippen LogP contribution in [0.5, 0.6) is 0 Å². The van der Waals surface area contributed by atoms with Crippen molar-refractivity contribution < 1.29 is 13.5 Å². The van der Waals surface area contributed by atoms with Gasteiger partial charge in [-0.05, 0) is 38.1 Å². The monoisotopic (exact) mass is 462 g/mol. The first-order chi connectivity index (χ1) is 15.3. The summed E-state index contributed by atoms with van der Waals surface area (Å²) in [5, 5.41) is 10.7. The molecule has 0 atom stereocenters. The largest absolute Gasteiger partial charge is 0.507 e. The number of aryl methyl sites for hydroxylation is 2. The maximum atomic E-state index is 12.8. The number of aromatic nitrogens is 1. The van der Waals surface area contributed by atoms with E-state index in [1.54, 1.807) is 24.3 Å². The molecule has 0 saturated carbocycles. The van der Waals surface area contributed by atoms with Gasteiger partial charge < -0.3 is 5.11 Å². The van der Waals surface area contributed by atoms with Gasteiger partial charge in [-0.1, -0.05) is 59.7 Å². The van der Waals surface area contributed by atoms with Gasteiger partial charge >= 0.3 is 0 Å². The molecule has 0 radical (unpaired) electrons. The van der Waals surface area contributed by atoms with Crippen LogP contribution in [0, 0.1) is 13.8 Å². The van der Waals surface area contributed by atoms with Crippen LogP contribution in [0.25, 0.3) is 22.1 Å². The lowest BCUT2D eigenvalue weighted by atomic mass is 10.1. The Kier molecular flexibility index (Phi) is 6.21. The van der Waals surface area contributed by atoms with Crippen molar-refractivity contribution in [3.05, 3.63) is 99.9 Å². The minimum absolute atomic E-state index is 0.0397. The molecule has 0 bridgehead atoms. The average molecular weight is 463 g/mol. The summed E-state index contributed by atoms with van der Waals surface area (Å²) in [6.07, 6.45) is 1.53. The first kappa shape index (κ1) is 21.9. The summed E-state index contributed by atoms with van der Waals surface area (Å²) in [5.41, 5.74) is 3.89. The first-order valence-electron chi connectivity index (χ1n) is 9.99. The molecule has 0 spiro atoms. The van der Waals surface area contributed by atoms with E-state index in [0.29, 0.717) is 15.9 Å². The van der Waals surface area contributed by atoms with Crippen LogP contribution in [-0.4, -0.2) is 24.4 Å². The number of aliphatic hydroxyl groups is 1. The molecule has 32 heavy (non-hydrogen) atoms. The lowest BCUT2D eigenvalue weighted by Crippen LogP contribution is -2.12. The highest BCUT2D eigenvalue weighted by Crippen LogP contribution is 2.19. The van der Waals surface area contributed by atoms with Crippen molar-refractivity contribution in [1.82, 2.24) is 4.98 Å². The molecule has 7 heteroatoms. The third-order valence-electron chi connectivity index (χ3n) is 4.91. The Hall–Kier alpha value is -3.29. The van der Waals surface area contributed by atoms with Crippen LogP contribution >= 0.6 is 11.3 Å². The number of sulfone groups is 1. The number of aliphatic hydroxyl groups excluding tert-OH is 1. The zero-order valence-corrected chi connectivity index (χ0v) is 19.3. The summed E-state index contributed by atoms with van der Waals surface area (Å²) in [6.45, 7) is 3.88. The summed E-state index contributed by atoms with van der Waals surface area (Å²) in [6, 6.07) is 21.7. The fourth-order valence-electron chi connectivity index (χ4n) is 3.08. The summed E-state index contributed by atoms with van der Waals surface area (Å²) in [4.78, 5) is 9.26. The Morgan fingerprint density at radius 3 is 2.28 bits per heavy atom. The van der Waals surface area contributed by atoms with Crippen LogP contribution in [0.2, 0.25) is 0 Å². The molecule has 5 nitrogen and oxygen atoms in total. The molecule has 1 heterocycles. The highest BCUT2D eigenvalue weighted by molar-refractivity contribution is 7.91. The Bertz CT molecular complexity index is 1470. The Labute approximate surface area is 191 Å². The summed E-state index contributed by atoms with van der Waals surface area (Å²) < 4.78 is 26.9. The highest BCUT2D eigenvalue weighted by atomic mass is 32.2. The van der Waals surface area contributed by atoms with Gasteiger partial charge in [-0.25, -0.2) is 13.4 Å². The molecule has 3 aromatic carbocycles. The normalized spacial score (nSPS) is 12.9. The minimum atomic E-state index is -3.60. The summed E-state index contributed by atoms with van der Waals surface area (Å²) in [7, 11) is -3.60. The second-order valence-electron chi connectivity index (χ2n) is 7.48.